The Bertz CT molecular complexity index is 724. The molecule has 6 heteroatoms. The third-order valence-corrected chi connectivity index (χ3v) is 4.00. The summed E-state index contributed by atoms with van der Waals surface area (Å²) in [5, 5.41) is 0. The van der Waals surface area contributed by atoms with Gasteiger partial charge in [-0.2, -0.15) is 13.2 Å². The zero-order valence-corrected chi connectivity index (χ0v) is 14.2. The smallest absolute Gasteiger partial charge is 0.416 e. The maximum Gasteiger partial charge on any atom is 0.416 e. The van der Waals surface area contributed by atoms with Gasteiger partial charge in [-0.1, -0.05) is 6.08 Å². The normalized spacial score (nSPS) is 13.9. The number of rotatable bonds is 7. The Morgan fingerprint density at radius 1 is 0.885 bits per heavy atom. The zero-order valence-electron chi connectivity index (χ0n) is 14.2. The van der Waals surface area contributed by atoms with E-state index >= 15 is 0 Å². The summed E-state index contributed by atoms with van der Waals surface area (Å²) in [6.45, 7) is 2.69. The van der Waals surface area contributed by atoms with Crippen molar-refractivity contribution in [3.63, 3.8) is 0 Å². The summed E-state index contributed by atoms with van der Waals surface area (Å²) in [6.07, 6.45) is 1.99. The average molecular weight is 363 g/mol. The van der Waals surface area contributed by atoms with Crippen LogP contribution >= 0.6 is 0 Å². The molecule has 0 aromatic heterocycles. The van der Waals surface area contributed by atoms with Gasteiger partial charge in [0.2, 0.25) is 0 Å². The minimum Gasteiger partial charge on any atom is -0.494 e. The van der Waals surface area contributed by atoms with Crippen LogP contribution < -0.4 is 9.47 Å². The van der Waals surface area contributed by atoms with Gasteiger partial charge in [-0.05, 0) is 67.6 Å². The van der Waals surface area contributed by atoms with Crippen molar-refractivity contribution in [2.45, 2.75) is 19.0 Å². The molecule has 0 unspecified atom stereocenters. The molecule has 3 rings (SSSR count). The third-order valence-electron chi connectivity index (χ3n) is 4.00. The summed E-state index contributed by atoms with van der Waals surface area (Å²) in [7, 11) is 0. The van der Waals surface area contributed by atoms with Gasteiger partial charge < -0.3 is 14.4 Å². The van der Waals surface area contributed by atoms with Crippen LogP contribution in [-0.4, -0.2) is 24.6 Å². The molecule has 26 heavy (non-hydrogen) atoms. The summed E-state index contributed by atoms with van der Waals surface area (Å²) in [4.78, 5) is 2.27. The lowest BCUT2D eigenvalue weighted by Crippen LogP contribution is -2.17. The number of hydrogen-bond donors (Lipinski definition) is 0. The van der Waals surface area contributed by atoms with Gasteiger partial charge in [-0.25, -0.2) is 0 Å². The number of alkyl halides is 3. The van der Waals surface area contributed by atoms with E-state index in [0.717, 1.165) is 43.8 Å². The molecule has 2 aromatic rings. The predicted molar refractivity (Wildman–Crippen MR) is 93.4 cm³/mol. The van der Waals surface area contributed by atoms with Gasteiger partial charge in [-0.15, -0.1) is 0 Å². The Morgan fingerprint density at radius 3 is 2.08 bits per heavy atom. The summed E-state index contributed by atoms with van der Waals surface area (Å²) < 4.78 is 48.9. The molecule has 0 saturated heterocycles. The molecular formula is C20H20F3NO2. The fourth-order valence-electron chi connectivity index (χ4n) is 2.63. The SMILES string of the molecule is FC(F)(F)c1ccc(Oc2ccc(OCCCN3C=CCC3)cc2)cc1. The van der Waals surface area contributed by atoms with Crippen molar-refractivity contribution >= 4 is 0 Å². The summed E-state index contributed by atoms with van der Waals surface area (Å²) in [6, 6.07) is 11.7. The molecule has 0 spiro atoms. The minimum absolute atomic E-state index is 0.352. The van der Waals surface area contributed by atoms with E-state index in [1.54, 1.807) is 24.3 Å². The molecule has 0 bridgehead atoms. The van der Waals surface area contributed by atoms with E-state index in [-0.39, 0.29) is 0 Å². The fourth-order valence-corrected chi connectivity index (χ4v) is 2.63. The van der Waals surface area contributed by atoms with Crippen molar-refractivity contribution in [1.29, 1.82) is 0 Å². The maximum absolute atomic E-state index is 12.5. The van der Waals surface area contributed by atoms with Crippen LogP contribution in [-0.2, 0) is 6.18 Å². The van der Waals surface area contributed by atoms with Gasteiger partial charge in [0.15, 0.2) is 0 Å². The molecule has 0 aliphatic carbocycles. The van der Waals surface area contributed by atoms with Crippen LogP contribution in [0.4, 0.5) is 13.2 Å². The van der Waals surface area contributed by atoms with Crippen LogP contribution in [0.3, 0.4) is 0 Å². The molecule has 2 aromatic carbocycles. The first-order chi connectivity index (χ1) is 12.5. The van der Waals surface area contributed by atoms with E-state index in [9.17, 15) is 13.2 Å². The Balaban J connectivity index is 1.45. The molecular weight excluding hydrogens is 343 g/mol. The van der Waals surface area contributed by atoms with Crippen molar-refractivity contribution in [1.82, 2.24) is 4.90 Å². The van der Waals surface area contributed by atoms with E-state index in [2.05, 4.69) is 17.2 Å². The quantitative estimate of drug-likeness (QED) is 0.608. The summed E-state index contributed by atoms with van der Waals surface area (Å²) in [5.74, 6) is 1.63. The topological polar surface area (TPSA) is 21.7 Å². The number of hydrogen-bond acceptors (Lipinski definition) is 3. The minimum atomic E-state index is -4.34. The number of benzene rings is 2. The monoisotopic (exact) mass is 363 g/mol. The van der Waals surface area contributed by atoms with Gasteiger partial charge in [0, 0.05) is 13.1 Å². The highest BCUT2D eigenvalue weighted by Crippen LogP contribution is 2.31. The van der Waals surface area contributed by atoms with Gasteiger partial charge in [-0.3, -0.25) is 0 Å². The Labute approximate surface area is 150 Å². The van der Waals surface area contributed by atoms with Gasteiger partial charge >= 0.3 is 6.18 Å². The highest BCUT2D eigenvalue weighted by Gasteiger charge is 2.30. The van der Waals surface area contributed by atoms with Crippen LogP contribution in [0.1, 0.15) is 18.4 Å². The molecule has 0 atom stereocenters. The van der Waals surface area contributed by atoms with Gasteiger partial charge in [0.1, 0.15) is 17.2 Å². The van der Waals surface area contributed by atoms with Crippen molar-refractivity contribution < 1.29 is 22.6 Å². The van der Waals surface area contributed by atoms with E-state index < -0.39 is 11.7 Å². The Hall–Kier alpha value is -2.63. The highest BCUT2D eigenvalue weighted by atomic mass is 19.4. The largest absolute Gasteiger partial charge is 0.494 e. The molecule has 3 nitrogen and oxygen atoms in total. The lowest BCUT2D eigenvalue weighted by Gasteiger charge is -2.15. The Kier molecular flexibility index (Phi) is 5.71. The van der Waals surface area contributed by atoms with E-state index in [1.165, 1.54) is 12.1 Å². The Morgan fingerprint density at radius 2 is 1.50 bits per heavy atom. The highest BCUT2D eigenvalue weighted by molar-refractivity contribution is 5.36. The van der Waals surface area contributed by atoms with E-state index in [1.807, 2.05) is 0 Å². The molecule has 1 heterocycles. The number of nitrogens with zero attached hydrogens (tertiary/aromatic N) is 1. The predicted octanol–water partition coefficient (Wildman–Crippen LogP) is 5.49. The first kappa shape index (κ1) is 18.2. The third kappa shape index (κ3) is 5.18. The molecule has 0 amide bonds. The van der Waals surface area contributed by atoms with Crippen molar-refractivity contribution in [3.8, 4) is 17.2 Å². The van der Waals surface area contributed by atoms with Gasteiger partial charge in [0.05, 0.1) is 12.2 Å². The van der Waals surface area contributed by atoms with Crippen molar-refractivity contribution in [2.75, 3.05) is 19.7 Å². The number of halogens is 3. The van der Waals surface area contributed by atoms with Crippen LogP contribution in [0.2, 0.25) is 0 Å². The van der Waals surface area contributed by atoms with E-state index in [4.69, 9.17) is 9.47 Å². The lowest BCUT2D eigenvalue weighted by atomic mass is 10.2. The molecule has 0 radical (unpaired) electrons. The van der Waals surface area contributed by atoms with Crippen LogP contribution in [0.5, 0.6) is 17.2 Å². The summed E-state index contributed by atoms with van der Waals surface area (Å²) >= 11 is 0. The zero-order chi connectivity index (χ0) is 18.4. The average Bonchev–Trinajstić information content (AvgIpc) is 3.13. The second-order valence-corrected chi connectivity index (χ2v) is 6.01. The first-order valence-electron chi connectivity index (χ1n) is 8.49. The second-order valence-electron chi connectivity index (χ2n) is 6.01. The molecule has 1 aliphatic heterocycles. The molecule has 138 valence electrons. The van der Waals surface area contributed by atoms with Gasteiger partial charge in [0.25, 0.3) is 0 Å². The molecule has 0 fully saturated rings. The van der Waals surface area contributed by atoms with Crippen LogP contribution in [0.25, 0.3) is 0 Å². The molecule has 0 N–H and O–H groups in total. The lowest BCUT2D eigenvalue weighted by molar-refractivity contribution is -0.137. The van der Waals surface area contributed by atoms with Crippen molar-refractivity contribution in [3.05, 3.63) is 66.4 Å². The maximum atomic E-state index is 12.5. The summed E-state index contributed by atoms with van der Waals surface area (Å²) in [5.41, 5.74) is -0.696. The molecule has 0 saturated carbocycles. The number of ether oxygens (including phenoxy) is 2. The van der Waals surface area contributed by atoms with Crippen LogP contribution in [0.15, 0.2) is 60.8 Å². The first-order valence-corrected chi connectivity index (χ1v) is 8.49. The fraction of sp³-hybridized carbons (Fsp3) is 0.300. The second kappa shape index (κ2) is 8.17. The standard InChI is InChI=1S/C20H20F3NO2/c21-20(22,23)16-4-6-18(7-5-16)26-19-10-8-17(9-11-19)25-15-3-14-24-12-1-2-13-24/h1,4-12H,2-3,13-15H2. The molecule has 1 aliphatic rings. The van der Waals surface area contributed by atoms with Crippen LogP contribution in [0, 0.1) is 0 Å². The van der Waals surface area contributed by atoms with E-state index in [0.29, 0.717) is 18.1 Å². The van der Waals surface area contributed by atoms with Crippen molar-refractivity contribution in [2.24, 2.45) is 0 Å².